The first-order valence-corrected chi connectivity index (χ1v) is 8.21. The summed E-state index contributed by atoms with van der Waals surface area (Å²) in [4.78, 5) is 26.7. The molecular formula is C16H28N2O3. The van der Waals surface area contributed by atoms with Crippen LogP contribution in [-0.2, 0) is 14.3 Å². The molecule has 2 heterocycles. The Hall–Kier alpha value is -1.10. The highest BCUT2D eigenvalue weighted by atomic mass is 16.5. The van der Waals surface area contributed by atoms with E-state index in [0.717, 1.165) is 58.2 Å². The molecule has 0 spiro atoms. The normalized spacial score (nSPS) is 25.4. The van der Waals surface area contributed by atoms with Crippen LogP contribution in [0, 0.1) is 5.41 Å². The van der Waals surface area contributed by atoms with Crippen molar-refractivity contribution in [2.24, 2.45) is 5.41 Å². The highest BCUT2D eigenvalue weighted by Gasteiger charge is 2.43. The number of esters is 1. The van der Waals surface area contributed by atoms with E-state index >= 15 is 0 Å². The molecule has 1 N–H and O–H groups in total. The predicted molar refractivity (Wildman–Crippen MR) is 80.8 cm³/mol. The van der Waals surface area contributed by atoms with Crippen molar-refractivity contribution in [3.8, 4) is 0 Å². The van der Waals surface area contributed by atoms with Gasteiger partial charge in [0.15, 0.2) is 0 Å². The number of carbonyl (C=O) groups is 2. The number of hydrogen-bond donors (Lipinski definition) is 1. The summed E-state index contributed by atoms with van der Waals surface area (Å²) < 4.78 is 4.79. The minimum atomic E-state index is -0.225. The molecule has 0 aromatic heterocycles. The largest absolute Gasteiger partial charge is 0.469 e. The van der Waals surface area contributed by atoms with E-state index in [1.165, 1.54) is 7.11 Å². The molecule has 2 aliphatic rings. The monoisotopic (exact) mass is 296 g/mol. The predicted octanol–water partition coefficient (Wildman–Crippen LogP) is 1.71. The minimum absolute atomic E-state index is 0.0250. The summed E-state index contributed by atoms with van der Waals surface area (Å²) in [5, 5.41) is 3.34. The zero-order valence-electron chi connectivity index (χ0n) is 13.3. The van der Waals surface area contributed by atoms with Crippen molar-refractivity contribution in [3.63, 3.8) is 0 Å². The summed E-state index contributed by atoms with van der Waals surface area (Å²) in [6, 6.07) is 0.0250. The number of rotatable bonds is 4. The number of carbonyl (C=O) groups excluding carboxylic acids is 2. The maximum Gasteiger partial charge on any atom is 0.307 e. The van der Waals surface area contributed by atoms with Gasteiger partial charge in [0.25, 0.3) is 0 Å². The van der Waals surface area contributed by atoms with Crippen LogP contribution < -0.4 is 5.32 Å². The number of nitrogens with zero attached hydrogens (tertiary/aromatic N) is 1. The first kappa shape index (κ1) is 16.3. The summed E-state index contributed by atoms with van der Waals surface area (Å²) in [5.74, 6) is 0.0515. The Bertz CT molecular complexity index is 378. The molecule has 0 aliphatic carbocycles. The highest BCUT2D eigenvalue weighted by Crippen LogP contribution is 2.37. The van der Waals surface area contributed by atoms with Gasteiger partial charge in [-0.15, -0.1) is 0 Å². The van der Waals surface area contributed by atoms with Gasteiger partial charge >= 0.3 is 5.97 Å². The summed E-state index contributed by atoms with van der Waals surface area (Å²) in [6.45, 7) is 4.72. The second kappa shape index (κ2) is 7.25. The van der Waals surface area contributed by atoms with Gasteiger partial charge in [-0.3, -0.25) is 9.59 Å². The maximum absolute atomic E-state index is 13.1. The Labute approximate surface area is 127 Å². The van der Waals surface area contributed by atoms with Crippen LogP contribution in [0.3, 0.4) is 0 Å². The molecule has 0 radical (unpaired) electrons. The van der Waals surface area contributed by atoms with Crippen molar-refractivity contribution in [2.45, 2.75) is 57.9 Å². The fourth-order valence-electron chi connectivity index (χ4n) is 3.68. The van der Waals surface area contributed by atoms with Crippen LogP contribution in [0.4, 0.5) is 0 Å². The summed E-state index contributed by atoms with van der Waals surface area (Å²) in [5.41, 5.74) is -0.225. The van der Waals surface area contributed by atoms with Gasteiger partial charge in [-0.25, -0.2) is 0 Å². The van der Waals surface area contributed by atoms with Crippen molar-refractivity contribution < 1.29 is 14.3 Å². The quantitative estimate of drug-likeness (QED) is 0.802. The molecule has 1 amide bonds. The Balaban J connectivity index is 2.11. The van der Waals surface area contributed by atoms with Crippen molar-refractivity contribution >= 4 is 11.9 Å². The number of amides is 1. The Morgan fingerprint density at radius 2 is 2.00 bits per heavy atom. The van der Waals surface area contributed by atoms with Crippen LogP contribution in [0.25, 0.3) is 0 Å². The molecule has 120 valence electrons. The molecule has 0 aromatic carbocycles. The molecule has 2 saturated heterocycles. The zero-order valence-corrected chi connectivity index (χ0v) is 13.3. The molecule has 0 saturated carbocycles. The van der Waals surface area contributed by atoms with Crippen LogP contribution in [0.1, 0.15) is 51.9 Å². The number of piperidine rings is 2. The lowest BCUT2D eigenvalue weighted by Gasteiger charge is -2.44. The van der Waals surface area contributed by atoms with Gasteiger partial charge < -0.3 is 15.0 Å². The second-order valence-electron chi connectivity index (χ2n) is 6.31. The van der Waals surface area contributed by atoms with E-state index in [0.29, 0.717) is 6.42 Å². The number of hydrogen-bond acceptors (Lipinski definition) is 4. The first-order valence-electron chi connectivity index (χ1n) is 8.21. The fraction of sp³-hybridized carbons (Fsp3) is 0.875. The molecular weight excluding hydrogens is 268 g/mol. The summed E-state index contributed by atoms with van der Waals surface area (Å²) in [6.07, 6.45) is 6.08. The molecule has 2 rings (SSSR count). The van der Waals surface area contributed by atoms with Crippen molar-refractivity contribution in [1.82, 2.24) is 10.2 Å². The Morgan fingerprint density at radius 1 is 1.29 bits per heavy atom. The van der Waals surface area contributed by atoms with E-state index < -0.39 is 0 Å². The SMILES string of the molecule is CCC1(C(=O)N2CCCCC2CC(=O)OC)CCNCC1. The summed E-state index contributed by atoms with van der Waals surface area (Å²) in [7, 11) is 1.41. The zero-order chi connectivity index (χ0) is 15.3. The van der Waals surface area contributed by atoms with Gasteiger partial charge in [-0.05, 0) is 51.6 Å². The lowest BCUT2D eigenvalue weighted by Crippen LogP contribution is -2.54. The number of methoxy groups -OCH3 is 1. The van der Waals surface area contributed by atoms with Crippen LogP contribution in [-0.4, -0.2) is 49.6 Å². The van der Waals surface area contributed by atoms with E-state index in [1.807, 2.05) is 4.90 Å². The van der Waals surface area contributed by atoms with Crippen molar-refractivity contribution in [3.05, 3.63) is 0 Å². The van der Waals surface area contributed by atoms with Gasteiger partial charge in [0.2, 0.25) is 5.91 Å². The first-order chi connectivity index (χ1) is 10.1. The molecule has 5 heteroatoms. The van der Waals surface area contributed by atoms with Crippen LogP contribution in [0.15, 0.2) is 0 Å². The second-order valence-corrected chi connectivity index (χ2v) is 6.31. The average molecular weight is 296 g/mol. The summed E-state index contributed by atoms with van der Waals surface area (Å²) >= 11 is 0. The molecule has 0 bridgehead atoms. The highest BCUT2D eigenvalue weighted by molar-refractivity contribution is 5.84. The number of nitrogens with one attached hydrogen (secondary N) is 1. The molecule has 2 fully saturated rings. The van der Waals surface area contributed by atoms with Crippen LogP contribution in [0.2, 0.25) is 0 Å². The molecule has 0 aromatic rings. The van der Waals surface area contributed by atoms with Crippen molar-refractivity contribution in [1.29, 1.82) is 0 Å². The maximum atomic E-state index is 13.1. The lowest BCUT2D eigenvalue weighted by molar-refractivity contribution is -0.151. The van der Waals surface area contributed by atoms with E-state index in [2.05, 4.69) is 12.2 Å². The Morgan fingerprint density at radius 3 is 2.62 bits per heavy atom. The van der Waals surface area contributed by atoms with E-state index in [-0.39, 0.29) is 23.3 Å². The molecule has 21 heavy (non-hydrogen) atoms. The topological polar surface area (TPSA) is 58.6 Å². The molecule has 1 atom stereocenters. The molecule has 1 unspecified atom stereocenters. The number of ether oxygens (including phenoxy) is 1. The number of likely N-dealkylation sites (tertiary alicyclic amines) is 1. The van der Waals surface area contributed by atoms with E-state index in [9.17, 15) is 9.59 Å². The van der Waals surface area contributed by atoms with E-state index in [1.54, 1.807) is 0 Å². The molecule has 5 nitrogen and oxygen atoms in total. The lowest BCUT2D eigenvalue weighted by atomic mass is 9.74. The Kier molecular flexibility index (Phi) is 5.62. The third-order valence-electron chi connectivity index (χ3n) is 5.21. The van der Waals surface area contributed by atoms with E-state index in [4.69, 9.17) is 4.74 Å². The fourth-order valence-corrected chi connectivity index (χ4v) is 3.68. The third-order valence-corrected chi connectivity index (χ3v) is 5.21. The van der Waals surface area contributed by atoms with Crippen LogP contribution in [0.5, 0.6) is 0 Å². The van der Waals surface area contributed by atoms with Crippen LogP contribution >= 0.6 is 0 Å². The van der Waals surface area contributed by atoms with Gasteiger partial charge in [-0.2, -0.15) is 0 Å². The van der Waals surface area contributed by atoms with Crippen molar-refractivity contribution in [2.75, 3.05) is 26.7 Å². The average Bonchev–Trinajstić information content (AvgIpc) is 2.55. The van der Waals surface area contributed by atoms with Gasteiger partial charge in [0.05, 0.1) is 18.9 Å². The standard InChI is InChI=1S/C16H28N2O3/c1-3-16(7-9-17-10-8-16)15(20)18-11-5-4-6-13(18)12-14(19)21-2/h13,17H,3-12H2,1-2H3. The minimum Gasteiger partial charge on any atom is -0.469 e. The van der Waals surface area contributed by atoms with Gasteiger partial charge in [0, 0.05) is 12.6 Å². The van der Waals surface area contributed by atoms with Gasteiger partial charge in [0.1, 0.15) is 0 Å². The van der Waals surface area contributed by atoms with Gasteiger partial charge in [-0.1, -0.05) is 6.92 Å². The third kappa shape index (κ3) is 3.57. The smallest absolute Gasteiger partial charge is 0.307 e. The molecule has 2 aliphatic heterocycles.